The van der Waals surface area contributed by atoms with E-state index in [1.807, 2.05) is 71.6 Å². The van der Waals surface area contributed by atoms with Crippen LogP contribution in [0, 0.1) is 0 Å². The smallest absolute Gasteiger partial charge is 0.248 e. The summed E-state index contributed by atoms with van der Waals surface area (Å²) in [5, 5.41) is 9.42. The maximum Gasteiger partial charge on any atom is 0.248 e. The van der Waals surface area contributed by atoms with Crippen LogP contribution in [-0.4, -0.2) is 15.7 Å². The first-order valence-corrected chi connectivity index (χ1v) is 8.81. The maximum absolute atomic E-state index is 12.3. The van der Waals surface area contributed by atoms with Crippen molar-refractivity contribution in [2.75, 3.05) is 5.32 Å². The van der Waals surface area contributed by atoms with Crippen molar-refractivity contribution >= 4 is 28.4 Å². The van der Waals surface area contributed by atoms with Crippen LogP contribution in [0.1, 0.15) is 11.1 Å². The second-order valence-corrected chi connectivity index (χ2v) is 6.29. The summed E-state index contributed by atoms with van der Waals surface area (Å²) in [5.74, 6) is -0.154. The zero-order chi connectivity index (χ0) is 18.5. The van der Waals surface area contributed by atoms with E-state index in [0.29, 0.717) is 6.54 Å². The fraction of sp³-hybridized carbons (Fsp3) is 0.0435. The topological polar surface area (TPSA) is 46.9 Å². The van der Waals surface area contributed by atoms with Gasteiger partial charge in [0, 0.05) is 24.2 Å². The number of fused-ring (bicyclic) bond motifs is 1. The molecule has 132 valence electrons. The van der Waals surface area contributed by atoms with Gasteiger partial charge in [0.2, 0.25) is 5.91 Å². The monoisotopic (exact) mass is 353 g/mol. The molecule has 4 aromatic rings. The molecule has 4 heteroatoms. The van der Waals surface area contributed by atoms with E-state index >= 15 is 0 Å². The van der Waals surface area contributed by atoms with Crippen molar-refractivity contribution in [3.05, 3.63) is 102 Å². The number of anilines is 1. The molecule has 0 saturated heterocycles. The van der Waals surface area contributed by atoms with E-state index in [2.05, 4.69) is 28.6 Å². The van der Waals surface area contributed by atoms with Gasteiger partial charge in [0.15, 0.2) is 0 Å². The predicted molar refractivity (Wildman–Crippen MR) is 109 cm³/mol. The summed E-state index contributed by atoms with van der Waals surface area (Å²) in [5.41, 5.74) is 2.87. The van der Waals surface area contributed by atoms with Gasteiger partial charge in [-0.2, -0.15) is 5.10 Å². The van der Waals surface area contributed by atoms with E-state index in [4.69, 9.17) is 0 Å². The summed E-state index contributed by atoms with van der Waals surface area (Å²) in [6.07, 6.45) is 7.09. The van der Waals surface area contributed by atoms with Crippen molar-refractivity contribution in [3.8, 4) is 0 Å². The first-order valence-electron chi connectivity index (χ1n) is 8.81. The Hall–Kier alpha value is -3.66. The van der Waals surface area contributed by atoms with Crippen LogP contribution in [0.2, 0.25) is 0 Å². The average Bonchev–Trinajstić information content (AvgIpc) is 3.19. The molecule has 0 bridgehead atoms. The zero-order valence-corrected chi connectivity index (χ0v) is 14.7. The van der Waals surface area contributed by atoms with E-state index in [1.54, 1.807) is 12.3 Å². The Morgan fingerprint density at radius 1 is 1.00 bits per heavy atom. The Balaban J connectivity index is 1.47. The van der Waals surface area contributed by atoms with Gasteiger partial charge in [-0.3, -0.25) is 9.48 Å². The molecule has 27 heavy (non-hydrogen) atoms. The van der Waals surface area contributed by atoms with E-state index in [1.165, 1.54) is 0 Å². The summed E-state index contributed by atoms with van der Waals surface area (Å²) in [7, 11) is 0. The first kappa shape index (κ1) is 16.8. The Kier molecular flexibility index (Phi) is 4.79. The van der Waals surface area contributed by atoms with Crippen LogP contribution in [0.3, 0.4) is 0 Å². The zero-order valence-electron chi connectivity index (χ0n) is 14.7. The molecule has 0 spiro atoms. The lowest BCUT2D eigenvalue weighted by molar-refractivity contribution is -0.111. The number of carbonyl (C=O) groups is 1. The molecule has 1 heterocycles. The highest BCUT2D eigenvalue weighted by Gasteiger charge is 2.02. The Morgan fingerprint density at radius 2 is 1.85 bits per heavy atom. The van der Waals surface area contributed by atoms with Crippen LogP contribution in [0.5, 0.6) is 0 Å². The number of nitrogens with one attached hydrogen (secondary N) is 1. The fourth-order valence-electron chi connectivity index (χ4n) is 3.07. The van der Waals surface area contributed by atoms with E-state index in [-0.39, 0.29) is 5.91 Å². The highest BCUT2D eigenvalue weighted by Crippen LogP contribution is 2.19. The third kappa shape index (κ3) is 4.12. The Bertz CT molecular complexity index is 1090. The molecule has 4 rings (SSSR count). The van der Waals surface area contributed by atoms with Gasteiger partial charge in [0.05, 0.1) is 6.54 Å². The summed E-state index contributed by atoms with van der Waals surface area (Å²) in [4.78, 5) is 12.3. The summed E-state index contributed by atoms with van der Waals surface area (Å²) < 4.78 is 1.85. The molecule has 4 nitrogen and oxygen atoms in total. The third-order valence-electron chi connectivity index (χ3n) is 4.34. The SMILES string of the molecule is O=C(/C=C/c1cccc2ccccc12)Nc1cccc(Cn2cccn2)c1. The highest BCUT2D eigenvalue weighted by molar-refractivity contribution is 6.03. The largest absolute Gasteiger partial charge is 0.323 e. The molecule has 1 N–H and O–H groups in total. The number of carbonyl (C=O) groups excluding carboxylic acids is 1. The van der Waals surface area contributed by atoms with Crippen molar-refractivity contribution in [2.24, 2.45) is 0 Å². The fourth-order valence-corrected chi connectivity index (χ4v) is 3.07. The van der Waals surface area contributed by atoms with Gasteiger partial charge in [-0.05, 0) is 46.2 Å². The normalized spacial score (nSPS) is 11.1. The molecule has 0 unspecified atom stereocenters. The molecule has 3 aromatic carbocycles. The van der Waals surface area contributed by atoms with Crippen molar-refractivity contribution in [1.29, 1.82) is 0 Å². The van der Waals surface area contributed by atoms with Gasteiger partial charge in [-0.15, -0.1) is 0 Å². The highest BCUT2D eigenvalue weighted by atomic mass is 16.1. The van der Waals surface area contributed by atoms with Crippen molar-refractivity contribution < 1.29 is 4.79 Å². The van der Waals surface area contributed by atoms with Crippen LogP contribution in [0.25, 0.3) is 16.8 Å². The van der Waals surface area contributed by atoms with Crippen LogP contribution in [0.15, 0.2) is 91.3 Å². The van der Waals surface area contributed by atoms with Gasteiger partial charge >= 0.3 is 0 Å². The molecule has 0 saturated carbocycles. The molecular formula is C23H19N3O. The van der Waals surface area contributed by atoms with Crippen molar-refractivity contribution in [3.63, 3.8) is 0 Å². The number of hydrogen-bond donors (Lipinski definition) is 1. The van der Waals surface area contributed by atoms with Gasteiger partial charge in [0.1, 0.15) is 0 Å². The minimum Gasteiger partial charge on any atom is -0.323 e. The molecule has 0 atom stereocenters. The first-order chi connectivity index (χ1) is 13.3. The number of hydrogen-bond acceptors (Lipinski definition) is 2. The average molecular weight is 353 g/mol. The Morgan fingerprint density at radius 3 is 2.74 bits per heavy atom. The van der Waals surface area contributed by atoms with Crippen LogP contribution < -0.4 is 5.32 Å². The maximum atomic E-state index is 12.3. The van der Waals surface area contributed by atoms with Crippen molar-refractivity contribution in [1.82, 2.24) is 9.78 Å². The molecule has 1 amide bonds. The molecule has 0 radical (unpaired) electrons. The van der Waals surface area contributed by atoms with Crippen LogP contribution >= 0.6 is 0 Å². The second-order valence-electron chi connectivity index (χ2n) is 6.29. The van der Waals surface area contributed by atoms with Gasteiger partial charge in [0.25, 0.3) is 0 Å². The van der Waals surface area contributed by atoms with Gasteiger partial charge in [-0.25, -0.2) is 0 Å². The standard InChI is InChI=1S/C23H19N3O/c27-23(13-12-20-9-4-8-19-7-1-2-11-22(19)20)25-21-10-3-6-18(16-21)17-26-15-5-14-24-26/h1-16H,17H2,(H,25,27)/b13-12+. The Labute approximate surface area is 157 Å². The summed E-state index contributed by atoms with van der Waals surface area (Å²) >= 11 is 0. The molecule has 0 aliphatic heterocycles. The molecule has 0 fully saturated rings. The number of aromatic nitrogens is 2. The minimum atomic E-state index is -0.154. The lowest BCUT2D eigenvalue weighted by atomic mass is 10.0. The molecular weight excluding hydrogens is 334 g/mol. The number of amides is 1. The lowest BCUT2D eigenvalue weighted by Crippen LogP contribution is -2.08. The molecule has 0 aliphatic carbocycles. The van der Waals surface area contributed by atoms with E-state index in [0.717, 1.165) is 27.6 Å². The molecule has 1 aromatic heterocycles. The van der Waals surface area contributed by atoms with Gasteiger partial charge < -0.3 is 5.32 Å². The summed E-state index contributed by atoms with van der Waals surface area (Å²) in [6.45, 7) is 0.669. The van der Waals surface area contributed by atoms with E-state index < -0.39 is 0 Å². The van der Waals surface area contributed by atoms with Crippen LogP contribution in [-0.2, 0) is 11.3 Å². The quantitative estimate of drug-likeness (QED) is 0.527. The number of nitrogens with zero attached hydrogens (tertiary/aromatic N) is 2. The van der Waals surface area contributed by atoms with Crippen molar-refractivity contribution in [2.45, 2.75) is 6.54 Å². The van der Waals surface area contributed by atoms with Gasteiger partial charge in [-0.1, -0.05) is 54.6 Å². The number of rotatable bonds is 5. The van der Waals surface area contributed by atoms with E-state index in [9.17, 15) is 4.79 Å². The summed E-state index contributed by atoms with van der Waals surface area (Å²) in [6, 6.07) is 23.9. The molecule has 0 aliphatic rings. The third-order valence-corrected chi connectivity index (χ3v) is 4.34. The minimum absolute atomic E-state index is 0.154. The predicted octanol–water partition coefficient (Wildman–Crippen LogP) is 4.74. The second kappa shape index (κ2) is 7.70. The van der Waals surface area contributed by atoms with Crippen LogP contribution in [0.4, 0.5) is 5.69 Å². The lowest BCUT2D eigenvalue weighted by Gasteiger charge is -2.06. The number of benzene rings is 3.